The molecule has 0 aliphatic carbocycles. The highest BCUT2D eigenvalue weighted by Crippen LogP contribution is 2.20. The van der Waals surface area contributed by atoms with Crippen LogP contribution >= 0.6 is 0 Å². The van der Waals surface area contributed by atoms with Gasteiger partial charge in [-0.05, 0) is 36.6 Å². The smallest absolute Gasteiger partial charge is 0.243 e. The van der Waals surface area contributed by atoms with E-state index in [1.54, 1.807) is 12.1 Å². The fraction of sp³-hybridized carbons (Fsp3) is 0.409. The van der Waals surface area contributed by atoms with Crippen molar-refractivity contribution < 1.29 is 13.2 Å². The first-order valence-corrected chi connectivity index (χ1v) is 11.5. The molecule has 4 rings (SSSR count). The lowest BCUT2D eigenvalue weighted by Gasteiger charge is -2.35. The van der Waals surface area contributed by atoms with E-state index >= 15 is 0 Å². The van der Waals surface area contributed by atoms with Crippen LogP contribution in [0.15, 0.2) is 53.4 Å². The van der Waals surface area contributed by atoms with Gasteiger partial charge in [0, 0.05) is 39.3 Å². The summed E-state index contributed by atoms with van der Waals surface area (Å²) in [5, 5.41) is 0. The van der Waals surface area contributed by atoms with Gasteiger partial charge in [-0.1, -0.05) is 42.0 Å². The van der Waals surface area contributed by atoms with Crippen molar-refractivity contribution in [2.75, 3.05) is 39.3 Å². The van der Waals surface area contributed by atoms with E-state index in [1.165, 1.54) is 15.4 Å². The Labute approximate surface area is 172 Å². The number of aryl methyl sites for hydroxylation is 1. The lowest BCUT2D eigenvalue weighted by Crippen LogP contribution is -2.51. The number of piperazine rings is 1. The van der Waals surface area contributed by atoms with Crippen LogP contribution in [0.4, 0.5) is 0 Å². The molecule has 0 bridgehead atoms. The number of carbonyl (C=O) groups is 1. The molecule has 29 heavy (non-hydrogen) atoms. The summed E-state index contributed by atoms with van der Waals surface area (Å²) in [6, 6.07) is 15.2. The third kappa shape index (κ3) is 4.37. The molecule has 1 fully saturated rings. The normalized spacial score (nSPS) is 18.4. The van der Waals surface area contributed by atoms with Crippen LogP contribution in [-0.2, 0) is 27.8 Å². The van der Waals surface area contributed by atoms with Crippen LogP contribution < -0.4 is 0 Å². The minimum Gasteiger partial charge on any atom is -0.337 e. The molecule has 1 amide bonds. The number of hydrogen-bond acceptors (Lipinski definition) is 4. The summed E-state index contributed by atoms with van der Waals surface area (Å²) in [6.45, 7) is 5.66. The molecule has 2 aromatic carbocycles. The maximum Gasteiger partial charge on any atom is 0.243 e. The average molecular weight is 414 g/mol. The molecule has 2 heterocycles. The maximum absolute atomic E-state index is 12.8. The van der Waals surface area contributed by atoms with Crippen molar-refractivity contribution in [3.05, 3.63) is 65.2 Å². The van der Waals surface area contributed by atoms with E-state index in [2.05, 4.69) is 17.0 Å². The summed E-state index contributed by atoms with van der Waals surface area (Å²) < 4.78 is 27.2. The lowest BCUT2D eigenvalue weighted by atomic mass is 10.00. The monoisotopic (exact) mass is 413 g/mol. The Balaban J connectivity index is 1.32. The Morgan fingerprint density at radius 1 is 0.897 bits per heavy atom. The predicted molar refractivity (Wildman–Crippen MR) is 112 cm³/mol. The van der Waals surface area contributed by atoms with Crippen LogP contribution in [0.3, 0.4) is 0 Å². The molecule has 2 aromatic rings. The molecule has 0 unspecified atom stereocenters. The Bertz CT molecular complexity index is 981. The van der Waals surface area contributed by atoms with Crippen molar-refractivity contribution in [3.8, 4) is 0 Å². The fourth-order valence-electron chi connectivity index (χ4n) is 3.99. The van der Waals surface area contributed by atoms with Crippen LogP contribution in [0.1, 0.15) is 16.7 Å². The summed E-state index contributed by atoms with van der Waals surface area (Å²) in [6.07, 6.45) is 0.893. The largest absolute Gasteiger partial charge is 0.337 e. The predicted octanol–water partition coefficient (Wildman–Crippen LogP) is 1.89. The Morgan fingerprint density at radius 2 is 1.55 bits per heavy atom. The van der Waals surface area contributed by atoms with E-state index < -0.39 is 10.0 Å². The second-order valence-electron chi connectivity index (χ2n) is 7.83. The zero-order valence-electron chi connectivity index (χ0n) is 16.8. The van der Waals surface area contributed by atoms with E-state index in [9.17, 15) is 13.2 Å². The van der Waals surface area contributed by atoms with Crippen molar-refractivity contribution in [2.24, 2.45) is 0 Å². The molecule has 154 valence electrons. The van der Waals surface area contributed by atoms with Crippen molar-refractivity contribution in [3.63, 3.8) is 0 Å². The highest BCUT2D eigenvalue weighted by atomic mass is 32.2. The van der Waals surface area contributed by atoms with Crippen molar-refractivity contribution in [1.29, 1.82) is 0 Å². The highest BCUT2D eigenvalue weighted by Gasteiger charge is 2.30. The van der Waals surface area contributed by atoms with Crippen molar-refractivity contribution in [1.82, 2.24) is 14.1 Å². The number of carbonyl (C=O) groups excluding carboxylic acids is 1. The van der Waals surface area contributed by atoms with Gasteiger partial charge in [0.1, 0.15) is 0 Å². The van der Waals surface area contributed by atoms with Gasteiger partial charge in [-0.2, -0.15) is 4.31 Å². The molecule has 7 heteroatoms. The zero-order chi connectivity index (χ0) is 20.4. The van der Waals surface area contributed by atoms with Crippen LogP contribution in [0.2, 0.25) is 0 Å². The Morgan fingerprint density at radius 3 is 2.24 bits per heavy atom. The Hall–Kier alpha value is -2.22. The molecule has 2 aliphatic heterocycles. The van der Waals surface area contributed by atoms with Crippen molar-refractivity contribution >= 4 is 15.9 Å². The van der Waals surface area contributed by atoms with E-state index in [-0.39, 0.29) is 5.91 Å². The number of nitrogens with zero attached hydrogens (tertiary/aromatic N) is 3. The molecule has 0 atom stereocenters. The van der Waals surface area contributed by atoms with Gasteiger partial charge in [0.05, 0.1) is 11.4 Å². The molecule has 1 saturated heterocycles. The molecule has 6 nitrogen and oxygen atoms in total. The van der Waals surface area contributed by atoms with Crippen LogP contribution in [0.25, 0.3) is 0 Å². The minimum atomic E-state index is -3.47. The SMILES string of the molecule is Cc1ccc(S(=O)(=O)N2CCN(CC(=O)N3CCc4ccccc4C3)CC2)cc1. The number of amides is 1. The number of benzene rings is 2. The first kappa shape index (κ1) is 20.1. The number of hydrogen-bond donors (Lipinski definition) is 0. The van der Waals surface area contributed by atoms with Gasteiger partial charge in [0.25, 0.3) is 0 Å². The Kier molecular flexibility index (Phi) is 5.72. The first-order chi connectivity index (χ1) is 13.9. The second kappa shape index (κ2) is 8.26. The second-order valence-corrected chi connectivity index (χ2v) is 9.77. The summed E-state index contributed by atoms with van der Waals surface area (Å²) >= 11 is 0. The van der Waals surface area contributed by atoms with E-state index in [4.69, 9.17) is 0 Å². The fourth-order valence-corrected chi connectivity index (χ4v) is 5.41. The zero-order valence-corrected chi connectivity index (χ0v) is 17.6. The molecule has 0 radical (unpaired) electrons. The standard InChI is InChI=1S/C22H27N3O3S/c1-18-6-8-21(9-7-18)29(27,28)25-14-12-23(13-15-25)17-22(26)24-11-10-19-4-2-3-5-20(19)16-24/h2-9H,10-17H2,1H3. The van der Waals surface area contributed by atoms with Crippen molar-refractivity contribution in [2.45, 2.75) is 24.8 Å². The topological polar surface area (TPSA) is 60.9 Å². The summed E-state index contributed by atoms with van der Waals surface area (Å²) in [4.78, 5) is 17.1. The van der Waals surface area contributed by atoms with Gasteiger partial charge in [0.15, 0.2) is 0 Å². The van der Waals surface area contributed by atoms with Gasteiger partial charge >= 0.3 is 0 Å². The molecule has 2 aliphatic rings. The molecule has 0 saturated carbocycles. The van der Waals surface area contributed by atoms with Gasteiger partial charge in [-0.15, -0.1) is 0 Å². The third-order valence-electron chi connectivity index (χ3n) is 5.83. The minimum absolute atomic E-state index is 0.120. The van der Waals surface area contributed by atoms with Gasteiger partial charge in [-0.3, -0.25) is 9.69 Å². The van der Waals surface area contributed by atoms with Crippen LogP contribution in [0, 0.1) is 6.92 Å². The summed E-state index contributed by atoms with van der Waals surface area (Å²) in [5.74, 6) is 0.120. The van der Waals surface area contributed by atoms with E-state index in [1.807, 2.05) is 36.1 Å². The number of rotatable bonds is 4. The molecular weight excluding hydrogens is 386 g/mol. The van der Waals surface area contributed by atoms with Gasteiger partial charge in [0.2, 0.25) is 15.9 Å². The lowest BCUT2D eigenvalue weighted by molar-refractivity contribution is -0.133. The van der Waals surface area contributed by atoms with E-state index in [0.717, 1.165) is 18.5 Å². The number of sulfonamides is 1. The average Bonchev–Trinajstić information content (AvgIpc) is 2.74. The van der Waals surface area contributed by atoms with E-state index in [0.29, 0.717) is 44.2 Å². The van der Waals surface area contributed by atoms with Gasteiger partial charge < -0.3 is 4.90 Å². The summed E-state index contributed by atoms with van der Waals surface area (Å²) in [5.41, 5.74) is 3.58. The third-order valence-corrected chi connectivity index (χ3v) is 7.75. The first-order valence-electron chi connectivity index (χ1n) is 10.1. The van der Waals surface area contributed by atoms with Gasteiger partial charge in [-0.25, -0.2) is 8.42 Å². The molecule has 0 N–H and O–H groups in total. The molecular formula is C22H27N3O3S. The summed E-state index contributed by atoms with van der Waals surface area (Å²) in [7, 11) is -3.47. The maximum atomic E-state index is 12.8. The molecule has 0 aromatic heterocycles. The van der Waals surface area contributed by atoms with Crippen LogP contribution in [-0.4, -0.2) is 67.7 Å². The van der Waals surface area contributed by atoms with Crippen LogP contribution in [0.5, 0.6) is 0 Å². The quantitative estimate of drug-likeness (QED) is 0.768. The molecule has 0 spiro atoms. The highest BCUT2D eigenvalue weighted by molar-refractivity contribution is 7.89. The number of fused-ring (bicyclic) bond motifs is 1.